The highest BCUT2D eigenvalue weighted by Crippen LogP contribution is 2.23. The van der Waals surface area contributed by atoms with Gasteiger partial charge in [-0.1, -0.05) is 11.8 Å². The summed E-state index contributed by atoms with van der Waals surface area (Å²) in [5.74, 6) is -1.91. The quantitative estimate of drug-likeness (QED) is 0.654. The van der Waals surface area contributed by atoms with Crippen LogP contribution in [0.25, 0.3) is 0 Å². The van der Waals surface area contributed by atoms with Gasteiger partial charge in [-0.3, -0.25) is 14.4 Å². The van der Waals surface area contributed by atoms with Crippen LogP contribution in [0.1, 0.15) is 13.3 Å². The van der Waals surface area contributed by atoms with Gasteiger partial charge in [0.05, 0.1) is 6.42 Å². The smallest absolute Gasteiger partial charge is 0.305 e. The Morgan fingerprint density at radius 2 is 2.29 bits per heavy atom. The molecule has 0 saturated heterocycles. The Morgan fingerprint density at radius 1 is 1.64 bits per heavy atom. The van der Waals surface area contributed by atoms with Gasteiger partial charge in [-0.2, -0.15) is 4.99 Å². The lowest BCUT2D eigenvalue weighted by Gasteiger charge is -2.02. The number of nitrogens with zero attached hydrogens (tertiary/aromatic N) is 1. The Balaban J connectivity index is 2.55. The lowest BCUT2D eigenvalue weighted by Crippen LogP contribution is -2.24. The first kappa shape index (κ1) is 10.7. The van der Waals surface area contributed by atoms with E-state index >= 15 is 0 Å². The summed E-state index contributed by atoms with van der Waals surface area (Å²) >= 11 is 0.963. The lowest BCUT2D eigenvalue weighted by atomic mass is 10.3. The van der Waals surface area contributed by atoms with E-state index in [4.69, 9.17) is 5.11 Å². The number of rotatable bonds is 2. The number of carbonyl (C=O) groups excluding carboxylic acids is 2. The number of hydrogen-bond acceptors (Lipinski definition) is 4. The largest absolute Gasteiger partial charge is 0.481 e. The number of hydrogen-bond donors (Lipinski definition) is 2. The Hall–Kier alpha value is -1.37. The third-order valence-electron chi connectivity index (χ3n) is 1.38. The molecule has 76 valence electrons. The van der Waals surface area contributed by atoms with E-state index in [1.807, 2.05) is 0 Å². The molecule has 1 rings (SSSR count). The maximum Gasteiger partial charge on any atom is 0.305 e. The maximum absolute atomic E-state index is 11.1. The molecular formula is C7H8N2O4S. The number of carboxylic acids is 1. The predicted molar refractivity (Wildman–Crippen MR) is 49.9 cm³/mol. The van der Waals surface area contributed by atoms with E-state index in [1.54, 1.807) is 0 Å². The summed E-state index contributed by atoms with van der Waals surface area (Å²) in [6, 6.07) is 0. The van der Waals surface area contributed by atoms with E-state index in [0.29, 0.717) is 0 Å². The first-order chi connectivity index (χ1) is 6.49. The minimum absolute atomic E-state index is 0.175. The molecule has 1 aliphatic heterocycles. The van der Waals surface area contributed by atoms with Gasteiger partial charge in [0, 0.05) is 6.92 Å². The van der Waals surface area contributed by atoms with Gasteiger partial charge in [-0.25, -0.2) is 0 Å². The number of aliphatic imine (C=N–C) groups is 1. The monoisotopic (exact) mass is 216 g/mol. The average molecular weight is 216 g/mol. The summed E-state index contributed by atoms with van der Waals surface area (Å²) in [6.07, 6.45) is -0.282. The summed E-state index contributed by atoms with van der Waals surface area (Å²) in [6.45, 7) is 1.29. The van der Waals surface area contributed by atoms with Crippen molar-refractivity contribution in [3.63, 3.8) is 0 Å². The molecule has 14 heavy (non-hydrogen) atoms. The number of amides is 2. The molecule has 0 bridgehead atoms. The van der Waals surface area contributed by atoms with Crippen molar-refractivity contribution in [1.29, 1.82) is 0 Å². The average Bonchev–Trinajstić information content (AvgIpc) is 2.28. The summed E-state index contributed by atoms with van der Waals surface area (Å²) in [4.78, 5) is 35.5. The van der Waals surface area contributed by atoms with Crippen molar-refractivity contribution < 1.29 is 19.5 Å². The van der Waals surface area contributed by atoms with Crippen LogP contribution in [-0.4, -0.2) is 33.3 Å². The zero-order chi connectivity index (χ0) is 10.7. The fraction of sp³-hybridized carbons (Fsp3) is 0.429. The predicted octanol–water partition coefficient (Wildman–Crippen LogP) is -0.405. The molecule has 0 aromatic rings. The Bertz CT molecular complexity index is 326. The third kappa shape index (κ3) is 2.84. The molecule has 2 amide bonds. The first-order valence-electron chi connectivity index (χ1n) is 3.77. The standard InChI is InChI=1S/C7H8N2O4S/c1-3(10)8-7-9-6(13)4(14-7)2-5(11)12/h4H,2H2,1H3,(H,11,12)(H,8,9,10,13)/t4-/m1/s1. The van der Waals surface area contributed by atoms with Crippen LogP contribution in [0.15, 0.2) is 4.99 Å². The van der Waals surface area contributed by atoms with Gasteiger partial charge in [0.2, 0.25) is 5.91 Å². The second-order valence-electron chi connectivity index (χ2n) is 2.64. The molecule has 0 fully saturated rings. The molecule has 0 aromatic carbocycles. The van der Waals surface area contributed by atoms with Crippen LogP contribution in [0.2, 0.25) is 0 Å². The molecule has 1 atom stereocenters. The van der Waals surface area contributed by atoms with Crippen LogP contribution in [0.4, 0.5) is 0 Å². The van der Waals surface area contributed by atoms with Crippen LogP contribution in [-0.2, 0) is 14.4 Å². The molecule has 7 heteroatoms. The fourth-order valence-electron chi connectivity index (χ4n) is 0.879. The van der Waals surface area contributed by atoms with E-state index in [0.717, 1.165) is 11.8 Å². The number of nitrogens with one attached hydrogen (secondary N) is 1. The van der Waals surface area contributed by atoms with Gasteiger partial charge in [-0.05, 0) is 0 Å². The van der Waals surface area contributed by atoms with E-state index in [9.17, 15) is 14.4 Å². The molecule has 0 aromatic heterocycles. The van der Waals surface area contributed by atoms with Crippen molar-refractivity contribution in [2.24, 2.45) is 4.99 Å². The molecule has 1 heterocycles. The van der Waals surface area contributed by atoms with Crippen LogP contribution < -0.4 is 5.32 Å². The molecule has 2 N–H and O–H groups in total. The molecule has 0 aliphatic carbocycles. The van der Waals surface area contributed by atoms with Crippen molar-refractivity contribution in [3.8, 4) is 0 Å². The fourth-order valence-corrected chi connectivity index (χ4v) is 1.87. The minimum Gasteiger partial charge on any atom is -0.481 e. The SMILES string of the molecule is CC(=O)NC1=NC(=O)[C@@H](CC(=O)O)S1. The first-order valence-corrected chi connectivity index (χ1v) is 4.65. The topological polar surface area (TPSA) is 95.8 Å². The van der Waals surface area contributed by atoms with E-state index in [2.05, 4.69) is 10.3 Å². The number of thioether (sulfide) groups is 1. The van der Waals surface area contributed by atoms with Gasteiger partial charge in [-0.15, -0.1) is 0 Å². The number of carboxylic acid groups (broad SMARTS) is 1. The minimum atomic E-state index is -1.06. The molecule has 0 radical (unpaired) electrons. The highest BCUT2D eigenvalue weighted by Gasteiger charge is 2.30. The van der Waals surface area contributed by atoms with Gasteiger partial charge in [0.25, 0.3) is 5.91 Å². The van der Waals surface area contributed by atoms with Crippen molar-refractivity contribution >= 4 is 34.7 Å². The molecule has 0 saturated carbocycles. The second-order valence-corrected chi connectivity index (χ2v) is 3.83. The molecular weight excluding hydrogens is 208 g/mol. The summed E-state index contributed by atoms with van der Waals surface area (Å²) in [5, 5.41) is 10.3. The van der Waals surface area contributed by atoms with Gasteiger partial charge >= 0.3 is 5.97 Å². The highest BCUT2D eigenvalue weighted by atomic mass is 32.2. The zero-order valence-corrected chi connectivity index (χ0v) is 8.13. The third-order valence-corrected chi connectivity index (χ3v) is 2.45. The van der Waals surface area contributed by atoms with Crippen LogP contribution >= 0.6 is 11.8 Å². The van der Waals surface area contributed by atoms with E-state index in [-0.39, 0.29) is 17.5 Å². The highest BCUT2D eigenvalue weighted by molar-refractivity contribution is 8.15. The summed E-state index contributed by atoms with van der Waals surface area (Å²) < 4.78 is 0. The molecule has 6 nitrogen and oxygen atoms in total. The van der Waals surface area contributed by atoms with E-state index in [1.165, 1.54) is 6.92 Å². The van der Waals surface area contributed by atoms with Gasteiger partial charge in [0.15, 0.2) is 5.17 Å². The number of aliphatic carboxylic acids is 1. The van der Waals surface area contributed by atoms with Crippen LogP contribution in [0, 0.1) is 0 Å². The Kier molecular flexibility index (Phi) is 3.23. The van der Waals surface area contributed by atoms with Gasteiger partial charge < -0.3 is 10.4 Å². The normalized spacial score (nSPS) is 20.5. The number of amidine groups is 1. The second kappa shape index (κ2) is 4.23. The van der Waals surface area contributed by atoms with Crippen molar-refractivity contribution in [3.05, 3.63) is 0 Å². The Labute approximate surface area is 83.8 Å². The summed E-state index contributed by atoms with van der Waals surface area (Å²) in [5.41, 5.74) is 0. The molecule has 0 spiro atoms. The van der Waals surface area contributed by atoms with Gasteiger partial charge in [0.1, 0.15) is 5.25 Å². The Morgan fingerprint density at radius 3 is 2.79 bits per heavy atom. The zero-order valence-electron chi connectivity index (χ0n) is 7.31. The van der Waals surface area contributed by atoms with Crippen molar-refractivity contribution in [1.82, 2.24) is 5.32 Å². The summed E-state index contributed by atoms with van der Waals surface area (Å²) in [7, 11) is 0. The maximum atomic E-state index is 11.1. The van der Waals surface area contributed by atoms with Crippen molar-refractivity contribution in [2.45, 2.75) is 18.6 Å². The lowest BCUT2D eigenvalue weighted by molar-refractivity contribution is -0.138. The van der Waals surface area contributed by atoms with Crippen molar-refractivity contribution in [2.75, 3.05) is 0 Å². The number of carbonyl (C=O) groups is 3. The van der Waals surface area contributed by atoms with E-state index < -0.39 is 17.1 Å². The molecule has 1 aliphatic rings. The van der Waals surface area contributed by atoms with Crippen LogP contribution in [0.3, 0.4) is 0 Å². The van der Waals surface area contributed by atoms with Crippen LogP contribution in [0.5, 0.6) is 0 Å². The molecule has 0 unspecified atom stereocenters.